The molecule has 0 bridgehead atoms. The normalized spacial score (nSPS) is 18.1. The molecule has 0 aliphatic carbocycles. The molecule has 2 aromatic rings. The molecule has 2 aliphatic rings. The van der Waals surface area contributed by atoms with Gasteiger partial charge in [-0.1, -0.05) is 0 Å². The number of nitrogens with one attached hydrogen (secondary N) is 2. The highest BCUT2D eigenvalue weighted by Crippen LogP contribution is 2.31. The molecule has 1 atom stereocenters. The quantitative estimate of drug-likeness (QED) is 0.511. The monoisotopic (exact) mass is 546 g/mol. The van der Waals surface area contributed by atoms with Gasteiger partial charge in [-0.3, -0.25) is 14.5 Å². The number of ether oxygens (including phenoxy) is 1. The molecular formula is C21H22F4N6O5S. The van der Waals surface area contributed by atoms with Gasteiger partial charge in [0, 0.05) is 36.8 Å². The highest BCUT2D eigenvalue weighted by molar-refractivity contribution is 7.09. The van der Waals surface area contributed by atoms with E-state index in [1.165, 1.54) is 16.2 Å². The molecule has 0 unspecified atom stereocenters. The van der Waals surface area contributed by atoms with Gasteiger partial charge in [0.2, 0.25) is 0 Å². The third-order valence-corrected chi connectivity index (χ3v) is 6.27. The zero-order chi connectivity index (χ0) is 26.5. The smallest absolute Gasteiger partial charge is 0.414 e. The molecular weight excluding hydrogens is 524 g/mol. The Kier molecular flexibility index (Phi) is 8.27. The van der Waals surface area contributed by atoms with Crippen LogP contribution in [0.4, 0.5) is 38.5 Å². The molecule has 200 valence electrons. The number of rotatable bonds is 7. The number of halogens is 4. The third kappa shape index (κ3) is 6.37. The number of thiazole rings is 1. The Balaban J connectivity index is 1.37. The summed E-state index contributed by atoms with van der Waals surface area (Å²) < 4.78 is 59.7. The molecule has 3 heterocycles. The predicted octanol–water partition coefficient (Wildman–Crippen LogP) is 2.09. The number of alkyl halides is 2. The van der Waals surface area contributed by atoms with Crippen molar-refractivity contribution in [2.45, 2.75) is 19.1 Å². The molecule has 16 heteroatoms. The number of carbonyl (C=O) groups excluding carboxylic acids is 3. The van der Waals surface area contributed by atoms with Crippen molar-refractivity contribution in [3.05, 3.63) is 40.4 Å². The topological polar surface area (TPSA) is 116 Å². The lowest BCUT2D eigenvalue weighted by molar-refractivity contribution is -0.132. The van der Waals surface area contributed by atoms with Crippen LogP contribution in [0, 0.1) is 11.6 Å². The van der Waals surface area contributed by atoms with Crippen molar-refractivity contribution >= 4 is 40.7 Å². The summed E-state index contributed by atoms with van der Waals surface area (Å²) in [6.45, 7) is -0.219. The predicted molar refractivity (Wildman–Crippen MR) is 122 cm³/mol. The minimum absolute atomic E-state index is 0.0181. The van der Waals surface area contributed by atoms with Crippen molar-refractivity contribution in [1.82, 2.24) is 20.7 Å². The Hall–Kier alpha value is -3.66. The zero-order valence-corrected chi connectivity index (χ0v) is 20.0. The van der Waals surface area contributed by atoms with Crippen molar-refractivity contribution < 1.29 is 41.5 Å². The Morgan fingerprint density at radius 1 is 1.16 bits per heavy atom. The average molecular weight is 547 g/mol. The summed E-state index contributed by atoms with van der Waals surface area (Å²) in [6, 6.07) is 1.38. The summed E-state index contributed by atoms with van der Waals surface area (Å²) in [7, 11) is 0. The minimum atomic E-state index is -3.22. The summed E-state index contributed by atoms with van der Waals surface area (Å²) in [4.78, 5) is 47.4. The first kappa shape index (κ1) is 26.4. The summed E-state index contributed by atoms with van der Waals surface area (Å²) in [5, 5.41) is 8.15. The minimum Gasteiger partial charge on any atom is -0.442 e. The van der Waals surface area contributed by atoms with Crippen LogP contribution in [0.1, 0.15) is 5.01 Å². The van der Waals surface area contributed by atoms with E-state index in [4.69, 9.17) is 9.57 Å². The molecule has 0 spiro atoms. The number of amides is 4. The van der Waals surface area contributed by atoms with Crippen molar-refractivity contribution in [1.29, 1.82) is 0 Å². The molecule has 0 saturated carbocycles. The molecule has 0 radical (unpaired) electrons. The fourth-order valence-electron chi connectivity index (χ4n) is 3.75. The first-order valence-corrected chi connectivity index (χ1v) is 12.0. The van der Waals surface area contributed by atoms with Crippen LogP contribution < -0.4 is 20.4 Å². The Bertz CT molecular complexity index is 1120. The first-order valence-electron chi connectivity index (χ1n) is 11.1. The molecule has 2 saturated heterocycles. The van der Waals surface area contributed by atoms with Crippen LogP contribution >= 0.6 is 11.3 Å². The fraction of sp³-hybridized carbons (Fsp3) is 0.429. The number of cyclic esters (lactones) is 1. The van der Waals surface area contributed by atoms with E-state index in [1.807, 2.05) is 5.32 Å². The van der Waals surface area contributed by atoms with E-state index in [1.54, 1.807) is 11.6 Å². The van der Waals surface area contributed by atoms with Gasteiger partial charge in [-0.05, 0) is 0 Å². The maximum Gasteiger partial charge on any atom is 0.414 e. The maximum atomic E-state index is 15.0. The first-order chi connectivity index (χ1) is 17.7. The molecule has 4 amide bonds. The van der Waals surface area contributed by atoms with Gasteiger partial charge in [0.15, 0.2) is 11.6 Å². The van der Waals surface area contributed by atoms with Crippen molar-refractivity contribution in [2.24, 2.45) is 0 Å². The van der Waals surface area contributed by atoms with Crippen molar-refractivity contribution in [3.8, 4) is 0 Å². The van der Waals surface area contributed by atoms with Gasteiger partial charge in [-0.25, -0.2) is 28.4 Å². The largest absolute Gasteiger partial charge is 0.442 e. The number of urea groups is 1. The van der Waals surface area contributed by atoms with Gasteiger partial charge < -0.3 is 20.3 Å². The number of hydrogen-bond donors (Lipinski definition) is 2. The number of benzene rings is 1. The molecule has 4 rings (SSSR count). The van der Waals surface area contributed by atoms with E-state index in [0.717, 1.165) is 22.1 Å². The van der Waals surface area contributed by atoms with E-state index >= 15 is 8.78 Å². The van der Waals surface area contributed by atoms with Crippen molar-refractivity contribution in [3.63, 3.8) is 0 Å². The zero-order valence-electron chi connectivity index (χ0n) is 19.2. The molecule has 1 aromatic carbocycles. The van der Waals surface area contributed by atoms with Crippen LogP contribution in [0.15, 0.2) is 23.7 Å². The highest BCUT2D eigenvalue weighted by Gasteiger charge is 2.34. The lowest BCUT2D eigenvalue weighted by Gasteiger charge is -2.24. The molecule has 2 N–H and O–H groups in total. The second-order valence-corrected chi connectivity index (χ2v) is 8.91. The van der Waals surface area contributed by atoms with Gasteiger partial charge in [-0.15, -0.1) is 11.3 Å². The Labute approximate surface area is 211 Å². The third-order valence-electron chi connectivity index (χ3n) is 5.49. The second kappa shape index (κ2) is 11.6. The number of anilines is 2. The lowest BCUT2D eigenvalue weighted by Crippen LogP contribution is -2.41. The highest BCUT2D eigenvalue weighted by atomic mass is 32.1. The van der Waals surface area contributed by atoms with E-state index in [9.17, 15) is 23.2 Å². The van der Waals surface area contributed by atoms with Crippen LogP contribution in [0.25, 0.3) is 0 Å². The number of nitrogens with zero attached hydrogens (tertiary/aromatic N) is 4. The van der Waals surface area contributed by atoms with Gasteiger partial charge in [-0.2, -0.15) is 8.78 Å². The molecule has 1 aromatic heterocycles. The van der Waals surface area contributed by atoms with Crippen LogP contribution in [-0.2, 0) is 20.9 Å². The van der Waals surface area contributed by atoms with Gasteiger partial charge in [0.05, 0.1) is 38.5 Å². The Morgan fingerprint density at radius 2 is 1.92 bits per heavy atom. The second-order valence-electron chi connectivity index (χ2n) is 7.93. The van der Waals surface area contributed by atoms with Crippen LogP contribution in [0.2, 0.25) is 0 Å². The summed E-state index contributed by atoms with van der Waals surface area (Å²) in [5.74, 6) is -3.44. The van der Waals surface area contributed by atoms with Crippen LogP contribution in [0.3, 0.4) is 0 Å². The summed E-state index contributed by atoms with van der Waals surface area (Å²) in [6.07, 6.45) is -3.53. The maximum absolute atomic E-state index is 15.0. The van der Waals surface area contributed by atoms with Crippen molar-refractivity contribution in [2.75, 3.05) is 49.1 Å². The van der Waals surface area contributed by atoms with E-state index in [2.05, 4.69) is 10.3 Å². The molecule has 2 fully saturated rings. The fourth-order valence-corrected chi connectivity index (χ4v) is 4.31. The number of carbonyl (C=O) groups is 3. The van der Waals surface area contributed by atoms with E-state index < -0.39 is 42.2 Å². The summed E-state index contributed by atoms with van der Waals surface area (Å²) >= 11 is 1.38. The molecule has 11 nitrogen and oxygen atoms in total. The van der Waals surface area contributed by atoms with Crippen LogP contribution in [0.5, 0.6) is 0 Å². The number of hydrogen-bond acceptors (Lipinski definition) is 8. The van der Waals surface area contributed by atoms with E-state index in [-0.39, 0.29) is 57.3 Å². The number of hydroxylamine groups is 2. The summed E-state index contributed by atoms with van der Waals surface area (Å²) in [5.41, 5.74) is -0.494. The molecule has 37 heavy (non-hydrogen) atoms. The number of aromatic nitrogens is 1. The van der Waals surface area contributed by atoms with Gasteiger partial charge in [0.1, 0.15) is 16.8 Å². The standard InChI is InChI=1S/C21H22F4N6O5S/c22-14-7-12(30-11-13(36-21(30)34)9-27-19(32)18(24)25)8-15(23)17(14)29-2-3-31(35-5-4-29)20(33)28-10-16-26-1-6-37-16/h1,6-8,13,18H,2-5,9-11H2,(H,27,32)(H,28,33)/t13-/m0/s1. The van der Waals surface area contributed by atoms with Gasteiger partial charge in [0.25, 0.3) is 5.91 Å². The van der Waals surface area contributed by atoms with E-state index in [0.29, 0.717) is 5.01 Å². The lowest BCUT2D eigenvalue weighted by atomic mass is 10.2. The Morgan fingerprint density at radius 3 is 2.59 bits per heavy atom. The van der Waals surface area contributed by atoms with Gasteiger partial charge >= 0.3 is 18.5 Å². The SMILES string of the molecule is O=C(NC[C@H]1CN(c2cc(F)c(N3CCON(C(=O)NCc4nccs4)CC3)c(F)c2)C(=O)O1)C(F)F. The molecule has 2 aliphatic heterocycles. The average Bonchev–Trinajstić information content (AvgIpc) is 3.44. The van der Waals surface area contributed by atoms with Crippen LogP contribution in [-0.4, -0.2) is 79.9 Å².